The summed E-state index contributed by atoms with van der Waals surface area (Å²) in [5.41, 5.74) is 2.09. The lowest BCUT2D eigenvalue weighted by Gasteiger charge is -2.31. The summed E-state index contributed by atoms with van der Waals surface area (Å²) in [7, 11) is -3.74. The third kappa shape index (κ3) is 7.85. The van der Waals surface area contributed by atoms with Gasteiger partial charge in [0, 0.05) is 17.6 Å². The molecule has 7 nitrogen and oxygen atoms in total. The Bertz CT molecular complexity index is 1060. The van der Waals surface area contributed by atoms with Gasteiger partial charge in [-0.25, -0.2) is 8.42 Å². The van der Waals surface area contributed by atoms with E-state index in [9.17, 15) is 18.0 Å². The van der Waals surface area contributed by atoms with Crippen LogP contribution in [0, 0.1) is 6.92 Å². The van der Waals surface area contributed by atoms with E-state index in [0.717, 1.165) is 39.0 Å². The molecule has 2 rings (SSSR count). The van der Waals surface area contributed by atoms with Crippen molar-refractivity contribution in [3.63, 3.8) is 0 Å². The van der Waals surface area contributed by atoms with E-state index in [4.69, 9.17) is 0 Å². The van der Waals surface area contributed by atoms with Crippen LogP contribution in [0.3, 0.4) is 0 Å². The molecular formula is C24H32BrN3O4S. The summed E-state index contributed by atoms with van der Waals surface area (Å²) in [5, 5.41) is 2.86. The van der Waals surface area contributed by atoms with Crippen LogP contribution >= 0.6 is 15.9 Å². The topological polar surface area (TPSA) is 86.8 Å². The van der Waals surface area contributed by atoms with E-state index in [2.05, 4.69) is 21.2 Å². The van der Waals surface area contributed by atoms with E-state index >= 15 is 0 Å². The van der Waals surface area contributed by atoms with Crippen molar-refractivity contribution in [2.45, 2.75) is 46.2 Å². The van der Waals surface area contributed by atoms with Crippen LogP contribution in [-0.4, -0.2) is 50.5 Å². The molecule has 0 aliphatic heterocycles. The van der Waals surface area contributed by atoms with E-state index < -0.39 is 28.5 Å². The van der Waals surface area contributed by atoms with Crippen LogP contribution < -0.4 is 9.62 Å². The number of anilines is 1. The standard InChI is InChI=1S/C24H32BrN3O4S/c1-5-6-14-26-24(30)19(3)27(16-20-10-8-7-9-11-20)23(29)17-28(33(4,31)32)21-12-13-22(25)18(2)15-21/h7-13,15,19H,5-6,14,16-17H2,1-4H3,(H,26,30)/t19-/m1/s1. The minimum absolute atomic E-state index is 0.193. The fourth-order valence-electron chi connectivity index (χ4n) is 3.30. The van der Waals surface area contributed by atoms with Crippen molar-refractivity contribution >= 4 is 43.5 Å². The zero-order valence-electron chi connectivity index (χ0n) is 19.5. The van der Waals surface area contributed by atoms with Gasteiger partial charge in [0.1, 0.15) is 12.6 Å². The maximum absolute atomic E-state index is 13.4. The number of hydrogen-bond acceptors (Lipinski definition) is 4. The molecular weight excluding hydrogens is 506 g/mol. The third-order valence-corrected chi connectivity index (χ3v) is 7.33. The van der Waals surface area contributed by atoms with E-state index in [1.165, 1.54) is 4.90 Å². The van der Waals surface area contributed by atoms with Crippen LogP contribution in [0.1, 0.15) is 37.8 Å². The average molecular weight is 539 g/mol. The number of hydrogen-bond donors (Lipinski definition) is 1. The Morgan fingerprint density at radius 3 is 2.36 bits per heavy atom. The van der Waals surface area contributed by atoms with Crippen LogP contribution in [0.15, 0.2) is 53.0 Å². The lowest BCUT2D eigenvalue weighted by atomic mass is 10.1. The summed E-state index contributed by atoms with van der Waals surface area (Å²) in [6, 6.07) is 13.7. The summed E-state index contributed by atoms with van der Waals surface area (Å²) in [5.74, 6) is -0.721. The fraction of sp³-hybridized carbons (Fsp3) is 0.417. The molecule has 0 spiro atoms. The van der Waals surface area contributed by atoms with Crippen LogP contribution in [0.25, 0.3) is 0 Å². The molecule has 0 aliphatic rings. The minimum atomic E-state index is -3.74. The molecule has 0 saturated heterocycles. The van der Waals surface area contributed by atoms with Crippen molar-refractivity contribution in [3.8, 4) is 0 Å². The highest BCUT2D eigenvalue weighted by atomic mass is 79.9. The van der Waals surface area contributed by atoms with Gasteiger partial charge in [-0.1, -0.05) is 59.6 Å². The Morgan fingerprint density at radius 2 is 1.79 bits per heavy atom. The minimum Gasteiger partial charge on any atom is -0.354 e. The Labute approximate surface area is 205 Å². The maximum atomic E-state index is 13.4. The number of carbonyl (C=O) groups is 2. The van der Waals surface area contributed by atoms with Crippen LogP contribution in [0.5, 0.6) is 0 Å². The second-order valence-corrected chi connectivity index (χ2v) is 10.8. The molecule has 2 amide bonds. The van der Waals surface area contributed by atoms with Gasteiger partial charge < -0.3 is 10.2 Å². The number of carbonyl (C=O) groups excluding carboxylic acids is 2. The SMILES string of the molecule is CCCCNC(=O)[C@@H](C)N(Cc1ccccc1)C(=O)CN(c1ccc(Br)c(C)c1)S(C)(=O)=O. The molecule has 2 aromatic rings. The Balaban J connectivity index is 2.34. The first-order chi connectivity index (χ1) is 15.5. The molecule has 9 heteroatoms. The molecule has 0 fully saturated rings. The Hall–Kier alpha value is -2.39. The number of unbranched alkanes of at least 4 members (excludes halogenated alkanes) is 1. The zero-order valence-corrected chi connectivity index (χ0v) is 21.9. The van der Waals surface area contributed by atoms with Gasteiger partial charge >= 0.3 is 0 Å². The Morgan fingerprint density at radius 1 is 1.12 bits per heavy atom. The highest BCUT2D eigenvalue weighted by Crippen LogP contribution is 2.25. The zero-order chi connectivity index (χ0) is 24.6. The molecule has 0 radical (unpaired) electrons. The average Bonchev–Trinajstić information content (AvgIpc) is 2.77. The van der Waals surface area contributed by atoms with Gasteiger partial charge in [-0.15, -0.1) is 0 Å². The maximum Gasteiger partial charge on any atom is 0.244 e. The first-order valence-corrected chi connectivity index (χ1v) is 13.5. The van der Waals surface area contributed by atoms with Gasteiger partial charge in [-0.2, -0.15) is 0 Å². The van der Waals surface area contributed by atoms with Crippen molar-refractivity contribution in [1.82, 2.24) is 10.2 Å². The molecule has 0 aromatic heterocycles. The van der Waals surface area contributed by atoms with E-state index in [-0.39, 0.29) is 12.5 Å². The molecule has 0 heterocycles. The molecule has 0 saturated carbocycles. The number of nitrogens with zero attached hydrogens (tertiary/aromatic N) is 2. The molecule has 33 heavy (non-hydrogen) atoms. The van der Waals surface area contributed by atoms with Gasteiger partial charge in [0.25, 0.3) is 0 Å². The molecule has 180 valence electrons. The first-order valence-electron chi connectivity index (χ1n) is 10.9. The predicted molar refractivity (Wildman–Crippen MR) is 135 cm³/mol. The second kappa shape index (κ2) is 12.2. The van der Waals surface area contributed by atoms with Gasteiger partial charge in [0.15, 0.2) is 0 Å². The molecule has 1 N–H and O–H groups in total. The summed E-state index contributed by atoms with van der Waals surface area (Å²) < 4.78 is 27.1. The quantitative estimate of drug-likeness (QED) is 0.441. The number of benzene rings is 2. The summed E-state index contributed by atoms with van der Waals surface area (Å²) >= 11 is 3.41. The van der Waals surface area contributed by atoms with Crippen molar-refractivity contribution in [1.29, 1.82) is 0 Å². The molecule has 0 bridgehead atoms. The summed E-state index contributed by atoms with van der Waals surface area (Å²) in [4.78, 5) is 27.6. The van der Waals surface area contributed by atoms with Crippen LogP contribution in [0.4, 0.5) is 5.69 Å². The van der Waals surface area contributed by atoms with Gasteiger partial charge in [-0.05, 0) is 49.6 Å². The molecule has 0 unspecified atom stereocenters. The van der Waals surface area contributed by atoms with E-state index in [1.54, 1.807) is 25.1 Å². The van der Waals surface area contributed by atoms with Crippen molar-refractivity contribution < 1.29 is 18.0 Å². The van der Waals surface area contributed by atoms with Crippen molar-refractivity contribution in [2.24, 2.45) is 0 Å². The highest BCUT2D eigenvalue weighted by Gasteiger charge is 2.30. The fourth-order valence-corrected chi connectivity index (χ4v) is 4.38. The van der Waals surface area contributed by atoms with E-state index in [0.29, 0.717) is 12.2 Å². The van der Waals surface area contributed by atoms with Crippen LogP contribution in [-0.2, 0) is 26.2 Å². The molecule has 2 aromatic carbocycles. The largest absolute Gasteiger partial charge is 0.354 e. The van der Waals surface area contributed by atoms with Crippen molar-refractivity contribution in [3.05, 3.63) is 64.1 Å². The number of rotatable bonds is 11. The predicted octanol–water partition coefficient (Wildman–Crippen LogP) is 3.86. The number of halogens is 1. The van der Waals surface area contributed by atoms with Crippen LogP contribution in [0.2, 0.25) is 0 Å². The summed E-state index contributed by atoms with van der Waals surface area (Å²) in [6.07, 6.45) is 2.85. The lowest BCUT2D eigenvalue weighted by Crippen LogP contribution is -2.51. The van der Waals surface area contributed by atoms with Gasteiger partial charge in [0.2, 0.25) is 21.8 Å². The monoisotopic (exact) mass is 537 g/mol. The first kappa shape index (κ1) is 26.9. The Kier molecular flexibility index (Phi) is 9.91. The second-order valence-electron chi connectivity index (χ2n) is 8.03. The summed E-state index contributed by atoms with van der Waals surface area (Å²) in [6.45, 7) is 5.86. The van der Waals surface area contributed by atoms with E-state index in [1.807, 2.05) is 44.2 Å². The molecule has 1 atom stereocenters. The third-order valence-electron chi connectivity index (χ3n) is 5.30. The van der Waals surface area contributed by atoms with Crippen molar-refractivity contribution in [2.75, 3.05) is 23.7 Å². The highest BCUT2D eigenvalue weighted by molar-refractivity contribution is 9.10. The lowest BCUT2D eigenvalue weighted by molar-refractivity contribution is -0.139. The number of amides is 2. The molecule has 0 aliphatic carbocycles. The van der Waals surface area contributed by atoms with Gasteiger partial charge in [-0.3, -0.25) is 13.9 Å². The number of sulfonamides is 1. The number of nitrogens with one attached hydrogen (secondary N) is 1. The van der Waals surface area contributed by atoms with Gasteiger partial charge in [0.05, 0.1) is 11.9 Å². The number of aryl methyl sites for hydroxylation is 1. The smallest absolute Gasteiger partial charge is 0.244 e. The normalized spacial score (nSPS) is 12.2.